The standard InChI is InChI=1S/C17H26N2O2S/c1-12(20)13-6-9-19(10-7-13)16(21)14-5-8-18-15(11-14)22-17(2,3)4/h5,8,11-13,20H,6-7,9-10H2,1-4H3. The van der Waals surface area contributed by atoms with Gasteiger partial charge < -0.3 is 10.0 Å². The topological polar surface area (TPSA) is 53.4 Å². The van der Waals surface area contributed by atoms with Crippen molar-refractivity contribution in [3.8, 4) is 0 Å². The second kappa shape index (κ2) is 7.01. The number of carbonyl (C=O) groups is 1. The Bertz CT molecular complexity index is 518. The Morgan fingerprint density at radius 2 is 2.05 bits per heavy atom. The van der Waals surface area contributed by atoms with Gasteiger partial charge in [0.15, 0.2) is 0 Å². The number of piperidine rings is 1. The van der Waals surface area contributed by atoms with Crippen LogP contribution in [0.15, 0.2) is 23.4 Å². The number of carbonyl (C=O) groups excluding carboxylic acids is 1. The number of hydrogen-bond acceptors (Lipinski definition) is 4. The van der Waals surface area contributed by atoms with Gasteiger partial charge in [-0.3, -0.25) is 4.79 Å². The number of likely N-dealkylation sites (tertiary alicyclic amines) is 1. The maximum absolute atomic E-state index is 12.6. The number of thioether (sulfide) groups is 1. The van der Waals surface area contributed by atoms with E-state index < -0.39 is 0 Å². The van der Waals surface area contributed by atoms with Gasteiger partial charge >= 0.3 is 0 Å². The molecule has 1 atom stereocenters. The van der Waals surface area contributed by atoms with E-state index in [-0.39, 0.29) is 16.8 Å². The van der Waals surface area contributed by atoms with Crippen LogP contribution in [0.1, 0.15) is 50.9 Å². The van der Waals surface area contributed by atoms with Gasteiger partial charge in [-0.2, -0.15) is 0 Å². The molecule has 0 aliphatic carbocycles. The molecule has 1 aromatic rings. The Morgan fingerprint density at radius 1 is 1.41 bits per heavy atom. The first-order valence-corrected chi connectivity index (χ1v) is 8.70. The van der Waals surface area contributed by atoms with Crippen LogP contribution in [0.2, 0.25) is 0 Å². The van der Waals surface area contributed by atoms with Gasteiger partial charge in [0, 0.05) is 29.6 Å². The maximum atomic E-state index is 12.6. The highest BCUT2D eigenvalue weighted by atomic mass is 32.2. The predicted octanol–water partition coefficient (Wildman–Crippen LogP) is 3.21. The number of rotatable bonds is 3. The van der Waals surface area contributed by atoms with E-state index in [1.807, 2.05) is 17.9 Å². The normalized spacial score (nSPS) is 18.3. The zero-order chi connectivity index (χ0) is 16.3. The molecule has 22 heavy (non-hydrogen) atoms. The van der Waals surface area contributed by atoms with Crippen molar-refractivity contribution in [2.24, 2.45) is 5.92 Å². The van der Waals surface area contributed by atoms with Crippen LogP contribution in [0.4, 0.5) is 0 Å². The van der Waals surface area contributed by atoms with Gasteiger partial charge in [-0.25, -0.2) is 4.98 Å². The molecule has 1 fully saturated rings. The van der Waals surface area contributed by atoms with E-state index in [2.05, 4.69) is 25.8 Å². The monoisotopic (exact) mass is 322 g/mol. The summed E-state index contributed by atoms with van der Waals surface area (Å²) in [5.41, 5.74) is 0.706. The average Bonchev–Trinajstić information content (AvgIpc) is 2.45. The highest BCUT2D eigenvalue weighted by Crippen LogP contribution is 2.31. The first kappa shape index (κ1) is 17.3. The fraction of sp³-hybridized carbons (Fsp3) is 0.647. The van der Waals surface area contributed by atoms with Crippen LogP contribution in [0.3, 0.4) is 0 Å². The van der Waals surface area contributed by atoms with E-state index >= 15 is 0 Å². The summed E-state index contributed by atoms with van der Waals surface area (Å²) in [6.45, 7) is 9.68. The molecular weight excluding hydrogens is 296 g/mol. The van der Waals surface area contributed by atoms with Crippen LogP contribution in [0.25, 0.3) is 0 Å². The molecular formula is C17H26N2O2S. The summed E-state index contributed by atoms with van der Waals surface area (Å²) in [7, 11) is 0. The summed E-state index contributed by atoms with van der Waals surface area (Å²) < 4.78 is 0.0737. The van der Waals surface area contributed by atoms with E-state index in [1.165, 1.54) is 0 Å². The molecule has 1 N–H and O–H groups in total. The fourth-order valence-corrected chi connectivity index (χ4v) is 3.61. The Hall–Kier alpha value is -1.07. The number of hydrogen-bond donors (Lipinski definition) is 1. The van der Waals surface area contributed by atoms with E-state index in [0.717, 1.165) is 31.0 Å². The average molecular weight is 322 g/mol. The third kappa shape index (κ3) is 4.71. The van der Waals surface area contributed by atoms with Gasteiger partial charge in [0.05, 0.1) is 11.1 Å². The van der Waals surface area contributed by atoms with Crippen molar-refractivity contribution in [2.75, 3.05) is 13.1 Å². The van der Waals surface area contributed by atoms with Crippen molar-refractivity contribution < 1.29 is 9.90 Å². The van der Waals surface area contributed by atoms with Crippen molar-refractivity contribution in [3.05, 3.63) is 23.9 Å². The van der Waals surface area contributed by atoms with Crippen LogP contribution in [0.5, 0.6) is 0 Å². The summed E-state index contributed by atoms with van der Waals surface area (Å²) in [6.07, 6.45) is 3.17. The molecule has 2 heterocycles. The van der Waals surface area contributed by atoms with Crippen LogP contribution >= 0.6 is 11.8 Å². The van der Waals surface area contributed by atoms with Gasteiger partial charge in [-0.05, 0) is 37.8 Å². The summed E-state index contributed by atoms with van der Waals surface area (Å²) in [6, 6.07) is 3.68. The van der Waals surface area contributed by atoms with E-state index in [1.54, 1.807) is 24.0 Å². The van der Waals surface area contributed by atoms with E-state index in [4.69, 9.17) is 0 Å². The number of aromatic nitrogens is 1. The summed E-state index contributed by atoms with van der Waals surface area (Å²) in [5.74, 6) is 0.385. The summed E-state index contributed by atoms with van der Waals surface area (Å²) in [4.78, 5) is 18.9. The first-order valence-electron chi connectivity index (χ1n) is 7.88. The molecule has 1 unspecified atom stereocenters. The van der Waals surface area contributed by atoms with Gasteiger partial charge in [0.25, 0.3) is 5.91 Å². The molecule has 0 spiro atoms. The van der Waals surface area contributed by atoms with Crippen LogP contribution < -0.4 is 0 Å². The zero-order valence-electron chi connectivity index (χ0n) is 13.9. The number of amides is 1. The molecule has 1 aromatic heterocycles. The largest absolute Gasteiger partial charge is 0.393 e. The molecule has 1 amide bonds. The van der Waals surface area contributed by atoms with Gasteiger partial charge in [0.2, 0.25) is 0 Å². The van der Waals surface area contributed by atoms with Crippen molar-refractivity contribution in [1.29, 1.82) is 0 Å². The lowest BCUT2D eigenvalue weighted by atomic mass is 9.92. The molecule has 0 saturated carbocycles. The van der Waals surface area contributed by atoms with Crippen LogP contribution in [0, 0.1) is 5.92 Å². The minimum absolute atomic E-state index is 0.0715. The number of aliphatic hydroxyl groups is 1. The summed E-state index contributed by atoms with van der Waals surface area (Å²) >= 11 is 1.67. The third-order valence-corrected chi connectivity index (χ3v) is 4.95. The first-order chi connectivity index (χ1) is 10.3. The van der Waals surface area contributed by atoms with E-state index in [9.17, 15) is 9.90 Å². The predicted molar refractivity (Wildman–Crippen MR) is 90.2 cm³/mol. The minimum atomic E-state index is -0.284. The lowest BCUT2D eigenvalue weighted by Crippen LogP contribution is -2.40. The molecule has 4 nitrogen and oxygen atoms in total. The fourth-order valence-electron chi connectivity index (χ4n) is 2.68. The highest BCUT2D eigenvalue weighted by Gasteiger charge is 2.26. The molecule has 5 heteroatoms. The minimum Gasteiger partial charge on any atom is -0.393 e. The molecule has 0 bridgehead atoms. The summed E-state index contributed by atoms with van der Waals surface area (Å²) in [5, 5.41) is 10.5. The van der Waals surface area contributed by atoms with Crippen molar-refractivity contribution in [3.63, 3.8) is 0 Å². The number of nitrogens with zero attached hydrogens (tertiary/aromatic N) is 2. The highest BCUT2D eigenvalue weighted by molar-refractivity contribution is 8.00. The quantitative estimate of drug-likeness (QED) is 0.868. The third-order valence-electron chi connectivity index (χ3n) is 3.90. The molecule has 1 aliphatic rings. The number of aliphatic hydroxyl groups excluding tert-OH is 1. The van der Waals surface area contributed by atoms with Crippen molar-refractivity contribution in [2.45, 2.75) is 56.4 Å². The molecule has 0 aromatic carbocycles. The Kier molecular flexibility index (Phi) is 5.50. The second-order valence-corrected chi connectivity index (χ2v) is 8.81. The van der Waals surface area contributed by atoms with E-state index in [0.29, 0.717) is 11.5 Å². The lowest BCUT2D eigenvalue weighted by molar-refractivity contribution is 0.0521. The smallest absolute Gasteiger partial charge is 0.254 e. The molecule has 1 aliphatic heterocycles. The molecule has 0 radical (unpaired) electrons. The van der Waals surface area contributed by atoms with Gasteiger partial charge in [0.1, 0.15) is 0 Å². The number of pyridine rings is 1. The second-order valence-electron chi connectivity index (χ2n) is 6.97. The molecule has 2 rings (SSSR count). The SMILES string of the molecule is CC(O)C1CCN(C(=O)c2ccnc(SC(C)(C)C)c2)CC1. The Labute approximate surface area is 137 Å². The van der Waals surface area contributed by atoms with Gasteiger partial charge in [-0.1, -0.05) is 20.8 Å². The van der Waals surface area contributed by atoms with Crippen LogP contribution in [-0.4, -0.2) is 44.8 Å². The Balaban J connectivity index is 2.03. The van der Waals surface area contributed by atoms with Crippen LogP contribution in [-0.2, 0) is 0 Å². The Morgan fingerprint density at radius 3 is 2.59 bits per heavy atom. The molecule has 122 valence electrons. The lowest BCUT2D eigenvalue weighted by Gasteiger charge is -2.33. The zero-order valence-corrected chi connectivity index (χ0v) is 14.7. The van der Waals surface area contributed by atoms with Crippen molar-refractivity contribution >= 4 is 17.7 Å². The molecule has 1 saturated heterocycles. The maximum Gasteiger partial charge on any atom is 0.254 e. The van der Waals surface area contributed by atoms with Gasteiger partial charge in [-0.15, -0.1) is 11.8 Å². The van der Waals surface area contributed by atoms with Crippen molar-refractivity contribution in [1.82, 2.24) is 9.88 Å².